The number of carbonyl (C=O) groups is 1. The molecular formula is C20H22O5. The fourth-order valence-corrected chi connectivity index (χ4v) is 2.40. The van der Waals surface area contributed by atoms with Gasteiger partial charge in [0.2, 0.25) is 5.75 Å². The quantitative estimate of drug-likeness (QED) is 0.554. The van der Waals surface area contributed by atoms with E-state index in [1.54, 1.807) is 12.1 Å². The van der Waals surface area contributed by atoms with Gasteiger partial charge in [-0.05, 0) is 29.7 Å². The van der Waals surface area contributed by atoms with Gasteiger partial charge in [-0.1, -0.05) is 37.3 Å². The lowest BCUT2D eigenvalue weighted by Gasteiger charge is -2.13. The van der Waals surface area contributed by atoms with E-state index >= 15 is 0 Å². The number of benzene rings is 2. The molecule has 0 spiro atoms. The van der Waals surface area contributed by atoms with E-state index in [-0.39, 0.29) is 0 Å². The van der Waals surface area contributed by atoms with Gasteiger partial charge in [0.15, 0.2) is 11.5 Å². The zero-order valence-corrected chi connectivity index (χ0v) is 14.9. The van der Waals surface area contributed by atoms with E-state index in [0.717, 1.165) is 17.6 Å². The largest absolute Gasteiger partial charge is 0.493 e. The SMILES string of the molecule is CC/C(=C/OC(=O)c1cc(OC)c(OC)c(OC)c1)c1ccccc1. The van der Waals surface area contributed by atoms with E-state index < -0.39 is 5.97 Å². The van der Waals surface area contributed by atoms with Crippen molar-refractivity contribution in [3.05, 3.63) is 59.9 Å². The highest BCUT2D eigenvalue weighted by molar-refractivity contribution is 5.92. The Morgan fingerprint density at radius 1 is 0.920 bits per heavy atom. The van der Waals surface area contributed by atoms with Crippen molar-refractivity contribution < 1.29 is 23.7 Å². The molecule has 0 bridgehead atoms. The molecule has 0 radical (unpaired) electrons. The summed E-state index contributed by atoms with van der Waals surface area (Å²) in [6, 6.07) is 12.9. The maximum atomic E-state index is 12.4. The lowest BCUT2D eigenvalue weighted by Crippen LogP contribution is -2.04. The van der Waals surface area contributed by atoms with Gasteiger partial charge in [0.05, 0.1) is 33.2 Å². The summed E-state index contributed by atoms with van der Waals surface area (Å²) in [4.78, 5) is 12.4. The topological polar surface area (TPSA) is 54.0 Å². The predicted octanol–water partition coefficient (Wildman–Crippen LogP) is 4.32. The molecule has 0 fully saturated rings. The molecule has 0 saturated heterocycles. The van der Waals surface area contributed by atoms with Crippen molar-refractivity contribution in [1.82, 2.24) is 0 Å². The van der Waals surface area contributed by atoms with Crippen LogP contribution in [0, 0.1) is 0 Å². The molecule has 0 N–H and O–H groups in total. The minimum absolute atomic E-state index is 0.314. The summed E-state index contributed by atoms with van der Waals surface area (Å²) in [7, 11) is 4.50. The van der Waals surface area contributed by atoms with Gasteiger partial charge in [-0.15, -0.1) is 0 Å². The van der Waals surface area contributed by atoms with E-state index in [1.165, 1.54) is 27.6 Å². The third-order valence-corrected chi connectivity index (χ3v) is 3.73. The first kappa shape index (κ1) is 18.4. The first-order valence-corrected chi connectivity index (χ1v) is 7.90. The van der Waals surface area contributed by atoms with Crippen molar-refractivity contribution in [2.45, 2.75) is 13.3 Å². The molecule has 0 atom stereocenters. The number of rotatable bonds is 7. The first-order chi connectivity index (χ1) is 12.1. The highest BCUT2D eigenvalue weighted by atomic mass is 16.5. The third kappa shape index (κ3) is 4.32. The Hall–Kier alpha value is -2.95. The molecule has 2 aromatic rings. The number of esters is 1. The molecule has 0 aliphatic rings. The van der Waals surface area contributed by atoms with Gasteiger partial charge < -0.3 is 18.9 Å². The van der Waals surface area contributed by atoms with Crippen molar-refractivity contribution in [2.75, 3.05) is 21.3 Å². The van der Waals surface area contributed by atoms with Crippen LogP contribution in [0.1, 0.15) is 29.3 Å². The van der Waals surface area contributed by atoms with Crippen LogP contribution in [0.4, 0.5) is 0 Å². The van der Waals surface area contributed by atoms with Gasteiger partial charge in [-0.2, -0.15) is 0 Å². The average molecular weight is 342 g/mol. The minimum Gasteiger partial charge on any atom is -0.493 e. The highest BCUT2D eigenvalue weighted by Gasteiger charge is 2.17. The van der Waals surface area contributed by atoms with Crippen LogP contribution in [-0.4, -0.2) is 27.3 Å². The zero-order chi connectivity index (χ0) is 18.2. The van der Waals surface area contributed by atoms with Crippen molar-refractivity contribution in [1.29, 1.82) is 0 Å². The Morgan fingerprint density at radius 3 is 2.00 bits per heavy atom. The summed E-state index contributed by atoms with van der Waals surface area (Å²) in [6.45, 7) is 2.01. The second-order valence-electron chi connectivity index (χ2n) is 5.18. The standard InChI is InChI=1S/C20H22O5/c1-5-14(15-9-7-6-8-10-15)13-25-20(21)16-11-17(22-2)19(24-4)18(12-16)23-3/h6-13H,5H2,1-4H3/b14-13-. The smallest absolute Gasteiger partial charge is 0.343 e. The third-order valence-electron chi connectivity index (χ3n) is 3.73. The van der Waals surface area contributed by atoms with Crippen LogP contribution < -0.4 is 14.2 Å². The number of carbonyl (C=O) groups excluding carboxylic acids is 1. The molecule has 5 nitrogen and oxygen atoms in total. The Labute approximate surface area is 147 Å². The van der Waals surface area contributed by atoms with E-state index in [0.29, 0.717) is 22.8 Å². The summed E-state index contributed by atoms with van der Waals surface area (Å²) in [5, 5.41) is 0. The zero-order valence-electron chi connectivity index (χ0n) is 14.9. The second kappa shape index (κ2) is 8.78. The normalized spacial score (nSPS) is 11.0. The maximum absolute atomic E-state index is 12.4. The number of ether oxygens (including phenoxy) is 4. The second-order valence-corrected chi connectivity index (χ2v) is 5.18. The fraction of sp³-hybridized carbons (Fsp3) is 0.250. The van der Waals surface area contributed by atoms with Crippen LogP contribution in [0.5, 0.6) is 17.2 Å². The maximum Gasteiger partial charge on any atom is 0.343 e. The van der Waals surface area contributed by atoms with Gasteiger partial charge in [0.1, 0.15) is 0 Å². The predicted molar refractivity (Wildman–Crippen MR) is 96.2 cm³/mol. The number of methoxy groups -OCH3 is 3. The number of hydrogen-bond donors (Lipinski definition) is 0. The number of allylic oxidation sites excluding steroid dienone is 1. The van der Waals surface area contributed by atoms with Crippen molar-refractivity contribution >= 4 is 11.5 Å². The lowest BCUT2D eigenvalue weighted by molar-refractivity contribution is 0.0663. The monoisotopic (exact) mass is 342 g/mol. The van der Waals surface area contributed by atoms with E-state index in [4.69, 9.17) is 18.9 Å². The summed E-state index contributed by atoms with van der Waals surface area (Å²) in [5.74, 6) is 0.727. The van der Waals surface area contributed by atoms with Crippen LogP contribution in [0.25, 0.3) is 5.57 Å². The molecule has 132 valence electrons. The summed E-state index contributed by atoms with van der Waals surface area (Å²) in [5.41, 5.74) is 2.26. The molecule has 0 heterocycles. The highest BCUT2D eigenvalue weighted by Crippen LogP contribution is 2.38. The molecule has 0 aliphatic heterocycles. The molecule has 2 rings (SSSR count). The van der Waals surface area contributed by atoms with Gasteiger partial charge in [0.25, 0.3) is 0 Å². The molecular weight excluding hydrogens is 320 g/mol. The van der Waals surface area contributed by atoms with Gasteiger partial charge in [0, 0.05) is 0 Å². The molecule has 0 saturated carbocycles. The van der Waals surface area contributed by atoms with Crippen molar-refractivity contribution in [3.63, 3.8) is 0 Å². The Bertz CT molecular complexity index is 725. The van der Waals surface area contributed by atoms with Crippen LogP contribution in [0.3, 0.4) is 0 Å². The van der Waals surface area contributed by atoms with Crippen LogP contribution in [0.2, 0.25) is 0 Å². The molecule has 0 unspecified atom stereocenters. The molecule has 0 amide bonds. The summed E-state index contributed by atoms with van der Waals surface area (Å²) < 4.78 is 21.1. The molecule has 5 heteroatoms. The summed E-state index contributed by atoms with van der Waals surface area (Å²) in [6.07, 6.45) is 2.23. The van der Waals surface area contributed by atoms with E-state index in [2.05, 4.69) is 0 Å². The fourth-order valence-electron chi connectivity index (χ4n) is 2.40. The van der Waals surface area contributed by atoms with E-state index in [1.807, 2.05) is 37.3 Å². The lowest BCUT2D eigenvalue weighted by atomic mass is 10.1. The average Bonchev–Trinajstić information content (AvgIpc) is 2.67. The Kier molecular flexibility index (Phi) is 6.46. The van der Waals surface area contributed by atoms with Crippen molar-refractivity contribution in [3.8, 4) is 17.2 Å². The van der Waals surface area contributed by atoms with Crippen LogP contribution >= 0.6 is 0 Å². The van der Waals surface area contributed by atoms with E-state index in [9.17, 15) is 4.79 Å². The van der Waals surface area contributed by atoms with Gasteiger partial charge in [-0.25, -0.2) is 4.79 Å². The van der Waals surface area contributed by atoms with Crippen LogP contribution in [0.15, 0.2) is 48.7 Å². The molecule has 0 aliphatic carbocycles. The van der Waals surface area contributed by atoms with Gasteiger partial charge >= 0.3 is 5.97 Å². The molecule has 0 aromatic heterocycles. The minimum atomic E-state index is -0.499. The van der Waals surface area contributed by atoms with Crippen LogP contribution in [-0.2, 0) is 4.74 Å². The number of hydrogen-bond acceptors (Lipinski definition) is 5. The Morgan fingerprint density at radius 2 is 1.52 bits per heavy atom. The first-order valence-electron chi connectivity index (χ1n) is 7.90. The van der Waals surface area contributed by atoms with Crippen molar-refractivity contribution in [2.24, 2.45) is 0 Å². The molecule has 25 heavy (non-hydrogen) atoms. The summed E-state index contributed by atoms with van der Waals surface area (Å²) >= 11 is 0. The Balaban J connectivity index is 2.27. The van der Waals surface area contributed by atoms with Gasteiger partial charge in [-0.3, -0.25) is 0 Å². The molecule has 2 aromatic carbocycles.